The molecule has 0 fully saturated rings. The highest BCUT2D eigenvalue weighted by Gasteiger charge is 2.02. The zero-order valence-electron chi connectivity index (χ0n) is 9.02. The first-order chi connectivity index (χ1) is 7.26. The van der Waals surface area contributed by atoms with Crippen LogP contribution in [0.15, 0.2) is 29.2 Å². The Balaban J connectivity index is 2.42. The summed E-state index contributed by atoms with van der Waals surface area (Å²) in [6.45, 7) is 1.99. The summed E-state index contributed by atoms with van der Waals surface area (Å²) >= 11 is 1.82. The molecule has 0 aliphatic heterocycles. The van der Waals surface area contributed by atoms with Crippen LogP contribution in [0, 0.1) is 0 Å². The van der Waals surface area contributed by atoms with Gasteiger partial charge in [0.25, 0.3) is 0 Å². The van der Waals surface area contributed by atoms with E-state index in [1.807, 2.05) is 11.8 Å². The quantitative estimate of drug-likeness (QED) is 0.730. The molecule has 0 aromatic heterocycles. The minimum Gasteiger partial charge on any atom is -0.394 e. The van der Waals surface area contributed by atoms with Gasteiger partial charge in [-0.25, -0.2) is 0 Å². The Morgan fingerprint density at radius 3 is 2.47 bits per heavy atom. The lowest BCUT2D eigenvalue weighted by Crippen LogP contribution is -2.12. The number of aliphatic hydroxyl groups is 2. The molecule has 1 aromatic carbocycles. The molecule has 0 saturated heterocycles. The van der Waals surface area contributed by atoms with Crippen molar-refractivity contribution in [3.8, 4) is 0 Å². The van der Waals surface area contributed by atoms with Crippen molar-refractivity contribution in [3.63, 3.8) is 0 Å². The van der Waals surface area contributed by atoms with Gasteiger partial charge in [0.2, 0.25) is 0 Å². The Morgan fingerprint density at radius 1 is 1.27 bits per heavy atom. The van der Waals surface area contributed by atoms with Gasteiger partial charge in [-0.3, -0.25) is 0 Å². The molecule has 0 saturated carbocycles. The third-order valence-corrected chi connectivity index (χ3v) is 3.11. The molecule has 2 N–H and O–H groups in total. The fraction of sp³-hybridized carbons (Fsp3) is 0.500. The number of hydrogen-bond acceptors (Lipinski definition) is 3. The summed E-state index contributed by atoms with van der Waals surface area (Å²) in [6.07, 6.45) is 0.852. The highest BCUT2D eigenvalue weighted by Crippen LogP contribution is 2.18. The van der Waals surface area contributed by atoms with Crippen LogP contribution in [0.5, 0.6) is 0 Å². The molecule has 1 atom stereocenters. The molecule has 15 heavy (non-hydrogen) atoms. The summed E-state index contributed by atoms with van der Waals surface area (Å²) in [5.41, 5.74) is 1.21. The van der Waals surface area contributed by atoms with E-state index in [9.17, 15) is 5.11 Å². The SMILES string of the molecule is CCSc1ccc(CCC(O)CO)cc1. The summed E-state index contributed by atoms with van der Waals surface area (Å²) in [5, 5.41) is 17.9. The van der Waals surface area contributed by atoms with E-state index in [0.717, 1.165) is 12.2 Å². The number of hydrogen-bond donors (Lipinski definition) is 2. The van der Waals surface area contributed by atoms with Crippen molar-refractivity contribution >= 4 is 11.8 Å². The molecule has 0 bridgehead atoms. The van der Waals surface area contributed by atoms with Crippen LogP contribution in [-0.4, -0.2) is 28.7 Å². The molecular weight excluding hydrogens is 208 g/mol. The molecular formula is C12H18O2S. The largest absolute Gasteiger partial charge is 0.394 e. The molecule has 0 amide bonds. The van der Waals surface area contributed by atoms with Crippen LogP contribution in [0.1, 0.15) is 18.9 Å². The fourth-order valence-electron chi connectivity index (χ4n) is 1.34. The van der Waals surface area contributed by atoms with Crippen molar-refractivity contribution < 1.29 is 10.2 Å². The molecule has 2 nitrogen and oxygen atoms in total. The van der Waals surface area contributed by atoms with Gasteiger partial charge >= 0.3 is 0 Å². The van der Waals surface area contributed by atoms with Gasteiger partial charge < -0.3 is 10.2 Å². The third kappa shape index (κ3) is 4.69. The maximum atomic E-state index is 9.20. The zero-order valence-corrected chi connectivity index (χ0v) is 9.83. The van der Waals surface area contributed by atoms with Crippen molar-refractivity contribution in [2.45, 2.75) is 30.8 Å². The molecule has 1 rings (SSSR count). The summed E-state index contributed by atoms with van der Waals surface area (Å²) < 4.78 is 0. The Hall–Kier alpha value is -0.510. The predicted octanol–water partition coefficient (Wildman–Crippen LogP) is 2.08. The van der Waals surface area contributed by atoms with Crippen molar-refractivity contribution in [3.05, 3.63) is 29.8 Å². The van der Waals surface area contributed by atoms with Gasteiger partial charge in [-0.1, -0.05) is 19.1 Å². The van der Waals surface area contributed by atoms with E-state index in [4.69, 9.17) is 5.11 Å². The van der Waals surface area contributed by atoms with Gasteiger partial charge in [0, 0.05) is 4.90 Å². The number of thioether (sulfide) groups is 1. The minimum atomic E-state index is -0.588. The summed E-state index contributed by atoms with van der Waals surface area (Å²) in [6, 6.07) is 8.38. The van der Waals surface area contributed by atoms with E-state index in [-0.39, 0.29) is 6.61 Å². The predicted molar refractivity (Wildman–Crippen MR) is 64.3 cm³/mol. The average molecular weight is 226 g/mol. The number of aliphatic hydroxyl groups excluding tert-OH is 2. The monoisotopic (exact) mass is 226 g/mol. The second kappa shape index (κ2) is 6.88. The van der Waals surface area contributed by atoms with Crippen molar-refractivity contribution in [2.75, 3.05) is 12.4 Å². The standard InChI is InChI=1S/C12H18O2S/c1-2-15-12-7-4-10(5-8-12)3-6-11(14)9-13/h4-5,7-8,11,13-14H,2-3,6,9H2,1H3. The smallest absolute Gasteiger partial charge is 0.0774 e. The highest BCUT2D eigenvalue weighted by molar-refractivity contribution is 7.99. The van der Waals surface area contributed by atoms with E-state index in [1.165, 1.54) is 10.5 Å². The van der Waals surface area contributed by atoms with E-state index >= 15 is 0 Å². The van der Waals surface area contributed by atoms with Crippen LogP contribution >= 0.6 is 11.8 Å². The number of benzene rings is 1. The Morgan fingerprint density at radius 2 is 1.93 bits per heavy atom. The van der Waals surface area contributed by atoms with Crippen LogP contribution in [-0.2, 0) is 6.42 Å². The second-order valence-corrected chi connectivity index (χ2v) is 4.79. The maximum absolute atomic E-state index is 9.20. The second-order valence-electron chi connectivity index (χ2n) is 3.45. The van der Waals surface area contributed by atoms with Crippen LogP contribution in [0.25, 0.3) is 0 Å². The van der Waals surface area contributed by atoms with Crippen LogP contribution in [0.2, 0.25) is 0 Å². The minimum absolute atomic E-state index is 0.149. The van der Waals surface area contributed by atoms with Crippen molar-refractivity contribution in [1.82, 2.24) is 0 Å². The Bertz CT molecular complexity index is 271. The van der Waals surface area contributed by atoms with E-state index in [2.05, 4.69) is 31.2 Å². The molecule has 0 heterocycles. The molecule has 0 spiro atoms. The summed E-state index contributed by atoms with van der Waals surface area (Å²) in [5.74, 6) is 1.09. The first kappa shape index (κ1) is 12.6. The van der Waals surface area contributed by atoms with E-state index < -0.39 is 6.10 Å². The van der Waals surface area contributed by atoms with Crippen LogP contribution < -0.4 is 0 Å². The lowest BCUT2D eigenvalue weighted by molar-refractivity contribution is 0.0886. The summed E-state index contributed by atoms with van der Waals surface area (Å²) in [4.78, 5) is 1.28. The highest BCUT2D eigenvalue weighted by atomic mass is 32.2. The lowest BCUT2D eigenvalue weighted by atomic mass is 10.1. The zero-order chi connectivity index (χ0) is 11.1. The molecule has 1 aromatic rings. The Labute approximate surface area is 95.3 Å². The molecule has 3 heteroatoms. The maximum Gasteiger partial charge on any atom is 0.0774 e. The van der Waals surface area contributed by atoms with Crippen LogP contribution in [0.4, 0.5) is 0 Å². The van der Waals surface area contributed by atoms with Gasteiger partial charge in [0.05, 0.1) is 12.7 Å². The first-order valence-corrected chi connectivity index (χ1v) is 6.25. The molecule has 0 aliphatic rings. The van der Waals surface area contributed by atoms with Crippen molar-refractivity contribution in [2.24, 2.45) is 0 Å². The third-order valence-electron chi connectivity index (χ3n) is 2.21. The molecule has 84 valence electrons. The van der Waals surface area contributed by atoms with Gasteiger partial charge in [-0.2, -0.15) is 0 Å². The average Bonchev–Trinajstić information content (AvgIpc) is 2.28. The van der Waals surface area contributed by atoms with Crippen molar-refractivity contribution in [1.29, 1.82) is 0 Å². The van der Waals surface area contributed by atoms with E-state index in [0.29, 0.717) is 6.42 Å². The molecule has 0 radical (unpaired) electrons. The van der Waals surface area contributed by atoms with Gasteiger partial charge in [-0.05, 0) is 36.3 Å². The normalized spacial score (nSPS) is 12.7. The fourth-order valence-corrected chi connectivity index (χ4v) is 2.01. The molecule has 0 aliphatic carbocycles. The summed E-state index contributed by atoms with van der Waals surface area (Å²) in [7, 11) is 0. The number of aryl methyl sites for hydroxylation is 1. The molecule has 1 unspecified atom stereocenters. The van der Waals surface area contributed by atoms with E-state index in [1.54, 1.807) is 0 Å². The lowest BCUT2D eigenvalue weighted by Gasteiger charge is -2.07. The number of rotatable bonds is 6. The first-order valence-electron chi connectivity index (χ1n) is 5.27. The Kier molecular flexibility index (Phi) is 5.76. The van der Waals surface area contributed by atoms with Gasteiger partial charge in [0.15, 0.2) is 0 Å². The topological polar surface area (TPSA) is 40.5 Å². The van der Waals surface area contributed by atoms with Gasteiger partial charge in [-0.15, -0.1) is 11.8 Å². The van der Waals surface area contributed by atoms with Gasteiger partial charge in [0.1, 0.15) is 0 Å². The van der Waals surface area contributed by atoms with Crippen LogP contribution in [0.3, 0.4) is 0 Å².